The third-order valence-corrected chi connectivity index (χ3v) is 2.56. The van der Waals surface area contributed by atoms with Crippen LogP contribution in [0.15, 0.2) is 0 Å². The van der Waals surface area contributed by atoms with Crippen LogP contribution in [0.4, 0.5) is 0 Å². The van der Waals surface area contributed by atoms with Gasteiger partial charge in [0.25, 0.3) is 0 Å². The monoisotopic (exact) mass is 224 g/mol. The largest absolute Gasteiger partial charge is 0.465 e. The van der Waals surface area contributed by atoms with E-state index in [1.165, 1.54) is 7.11 Å². The lowest BCUT2D eigenvalue weighted by molar-refractivity contribution is 0.0599. The van der Waals surface area contributed by atoms with Crippen molar-refractivity contribution in [3.8, 4) is 6.07 Å². The molecule has 0 bridgehead atoms. The number of halogens is 1. The van der Waals surface area contributed by atoms with Gasteiger partial charge >= 0.3 is 5.97 Å². The summed E-state index contributed by atoms with van der Waals surface area (Å²) >= 11 is 5.80. The molecule has 0 aliphatic rings. The minimum atomic E-state index is -0.573. The van der Waals surface area contributed by atoms with Crippen LogP contribution in [-0.4, -0.2) is 18.1 Å². The van der Waals surface area contributed by atoms with Gasteiger partial charge in [-0.25, -0.2) is 9.78 Å². The second-order valence-corrected chi connectivity index (χ2v) is 3.34. The molecule has 0 fully saturated rings. The first-order valence-corrected chi connectivity index (χ1v) is 4.55. The molecule has 1 rings (SSSR count). The Balaban J connectivity index is 3.56. The lowest BCUT2D eigenvalue weighted by Gasteiger charge is -2.09. The van der Waals surface area contributed by atoms with Gasteiger partial charge in [-0.2, -0.15) is 5.26 Å². The molecular formula is C10H9ClN2O2. The van der Waals surface area contributed by atoms with Crippen LogP contribution < -0.4 is 0 Å². The van der Waals surface area contributed by atoms with Crippen LogP contribution in [0.2, 0.25) is 5.15 Å². The van der Waals surface area contributed by atoms with E-state index >= 15 is 0 Å². The zero-order chi connectivity index (χ0) is 11.6. The van der Waals surface area contributed by atoms with Gasteiger partial charge in [0.05, 0.1) is 12.7 Å². The minimum absolute atomic E-state index is 0.00468. The minimum Gasteiger partial charge on any atom is -0.465 e. The molecule has 0 aromatic carbocycles. The summed E-state index contributed by atoms with van der Waals surface area (Å²) in [5.41, 5.74) is 1.48. The first kappa shape index (κ1) is 11.5. The maximum atomic E-state index is 11.4. The van der Waals surface area contributed by atoms with Crippen LogP contribution in [0, 0.1) is 25.2 Å². The molecule has 0 spiro atoms. The highest BCUT2D eigenvalue weighted by Gasteiger charge is 2.19. The van der Waals surface area contributed by atoms with Crippen LogP contribution in [0.3, 0.4) is 0 Å². The molecule has 0 aliphatic heterocycles. The van der Waals surface area contributed by atoms with E-state index in [0.29, 0.717) is 11.1 Å². The van der Waals surface area contributed by atoms with Gasteiger partial charge in [-0.05, 0) is 25.0 Å². The smallest absolute Gasteiger partial charge is 0.341 e. The molecule has 1 heterocycles. The van der Waals surface area contributed by atoms with E-state index < -0.39 is 5.97 Å². The van der Waals surface area contributed by atoms with Crippen LogP contribution in [0.25, 0.3) is 0 Å². The molecule has 5 heteroatoms. The van der Waals surface area contributed by atoms with E-state index in [-0.39, 0.29) is 16.4 Å². The Morgan fingerprint density at radius 3 is 2.53 bits per heavy atom. The maximum Gasteiger partial charge on any atom is 0.341 e. The summed E-state index contributed by atoms with van der Waals surface area (Å²) in [6, 6.07) is 1.82. The van der Waals surface area contributed by atoms with Crippen LogP contribution in [0.1, 0.15) is 27.2 Å². The average Bonchev–Trinajstić information content (AvgIpc) is 2.24. The zero-order valence-corrected chi connectivity index (χ0v) is 9.34. The summed E-state index contributed by atoms with van der Waals surface area (Å²) in [5, 5.41) is 9.06. The van der Waals surface area contributed by atoms with Gasteiger partial charge < -0.3 is 4.74 Å². The molecule has 0 saturated heterocycles. The van der Waals surface area contributed by atoms with E-state index in [9.17, 15) is 4.79 Å². The summed E-state index contributed by atoms with van der Waals surface area (Å²) < 4.78 is 4.58. The summed E-state index contributed by atoms with van der Waals surface area (Å²) in [4.78, 5) is 15.2. The fourth-order valence-corrected chi connectivity index (χ4v) is 1.42. The maximum absolute atomic E-state index is 11.4. The van der Waals surface area contributed by atoms with Crippen molar-refractivity contribution in [3.05, 3.63) is 27.5 Å². The molecule has 0 radical (unpaired) electrons. The van der Waals surface area contributed by atoms with Crippen LogP contribution in [0.5, 0.6) is 0 Å². The fourth-order valence-electron chi connectivity index (χ4n) is 1.19. The van der Waals surface area contributed by atoms with Crippen molar-refractivity contribution in [3.63, 3.8) is 0 Å². The molecule has 0 amide bonds. The van der Waals surface area contributed by atoms with Crippen LogP contribution in [-0.2, 0) is 4.74 Å². The molecule has 0 aliphatic carbocycles. The van der Waals surface area contributed by atoms with Crippen molar-refractivity contribution < 1.29 is 9.53 Å². The second-order valence-electron chi connectivity index (χ2n) is 2.98. The highest BCUT2D eigenvalue weighted by atomic mass is 35.5. The number of ether oxygens (including phenoxy) is 1. The second kappa shape index (κ2) is 4.28. The third-order valence-electron chi connectivity index (χ3n) is 2.19. The quantitative estimate of drug-likeness (QED) is 0.541. The number of hydrogen-bond donors (Lipinski definition) is 0. The van der Waals surface area contributed by atoms with E-state index in [4.69, 9.17) is 16.9 Å². The van der Waals surface area contributed by atoms with E-state index in [1.54, 1.807) is 13.8 Å². The van der Waals surface area contributed by atoms with E-state index in [2.05, 4.69) is 9.72 Å². The van der Waals surface area contributed by atoms with Crippen molar-refractivity contribution in [2.24, 2.45) is 0 Å². The molecular weight excluding hydrogens is 216 g/mol. The molecule has 0 unspecified atom stereocenters. The molecule has 1 aromatic rings. The number of nitrogens with zero attached hydrogens (tertiary/aromatic N) is 2. The molecule has 15 heavy (non-hydrogen) atoms. The number of methoxy groups -OCH3 is 1. The van der Waals surface area contributed by atoms with Crippen molar-refractivity contribution in [2.45, 2.75) is 13.8 Å². The molecule has 0 saturated carbocycles. The van der Waals surface area contributed by atoms with Gasteiger partial charge in [0.2, 0.25) is 0 Å². The lowest BCUT2D eigenvalue weighted by atomic mass is 10.0. The average molecular weight is 225 g/mol. The topological polar surface area (TPSA) is 63.0 Å². The first-order valence-electron chi connectivity index (χ1n) is 4.18. The number of carbonyl (C=O) groups excluding carboxylic acids is 1. The molecule has 0 atom stereocenters. The van der Waals surface area contributed by atoms with E-state index in [0.717, 1.165) is 0 Å². The molecule has 4 nitrogen and oxygen atoms in total. The fraction of sp³-hybridized carbons (Fsp3) is 0.300. The lowest BCUT2D eigenvalue weighted by Crippen LogP contribution is -2.10. The Kier molecular flexibility index (Phi) is 3.28. The Morgan fingerprint density at radius 1 is 1.47 bits per heavy atom. The normalized spacial score (nSPS) is 9.53. The van der Waals surface area contributed by atoms with Crippen molar-refractivity contribution in [1.29, 1.82) is 5.26 Å². The molecule has 78 valence electrons. The number of hydrogen-bond acceptors (Lipinski definition) is 4. The van der Waals surface area contributed by atoms with Gasteiger partial charge in [0.1, 0.15) is 11.2 Å². The zero-order valence-electron chi connectivity index (χ0n) is 8.59. The Hall–Kier alpha value is -1.60. The van der Waals surface area contributed by atoms with Crippen molar-refractivity contribution >= 4 is 17.6 Å². The summed E-state index contributed by atoms with van der Waals surface area (Å²) in [5.74, 6) is -0.573. The first-order chi connectivity index (χ1) is 7.02. The molecule has 1 aromatic heterocycles. The van der Waals surface area contributed by atoms with Gasteiger partial charge in [0, 0.05) is 0 Å². The van der Waals surface area contributed by atoms with Gasteiger partial charge in [-0.1, -0.05) is 11.6 Å². The Morgan fingerprint density at radius 2 is 2.07 bits per heavy atom. The number of aromatic nitrogens is 1. The van der Waals surface area contributed by atoms with Gasteiger partial charge in [0.15, 0.2) is 5.69 Å². The number of rotatable bonds is 1. The van der Waals surface area contributed by atoms with Gasteiger partial charge in [-0.3, -0.25) is 0 Å². The van der Waals surface area contributed by atoms with Crippen LogP contribution >= 0.6 is 11.6 Å². The number of esters is 1. The van der Waals surface area contributed by atoms with E-state index in [1.807, 2.05) is 6.07 Å². The van der Waals surface area contributed by atoms with Crippen molar-refractivity contribution in [2.75, 3.05) is 7.11 Å². The number of carbonyl (C=O) groups is 1. The Bertz CT molecular complexity index is 463. The number of pyridine rings is 1. The predicted molar refractivity (Wildman–Crippen MR) is 54.8 cm³/mol. The number of nitriles is 1. The molecule has 0 N–H and O–H groups in total. The third kappa shape index (κ3) is 1.92. The highest BCUT2D eigenvalue weighted by Crippen LogP contribution is 2.22. The summed E-state index contributed by atoms with van der Waals surface area (Å²) in [7, 11) is 1.26. The van der Waals surface area contributed by atoms with Crippen molar-refractivity contribution in [1.82, 2.24) is 4.98 Å². The standard InChI is InChI=1S/C10H9ClN2O2/c1-5-6(2)9(11)13-7(4-12)8(5)10(14)15-3/h1-3H3. The summed E-state index contributed by atoms with van der Waals surface area (Å²) in [6.45, 7) is 3.44. The summed E-state index contributed by atoms with van der Waals surface area (Å²) in [6.07, 6.45) is 0. The SMILES string of the molecule is COC(=O)c1c(C#N)nc(Cl)c(C)c1C. The Labute approximate surface area is 92.4 Å². The predicted octanol–water partition coefficient (Wildman–Crippen LogP) is 2.01. The van der Waals surface area contributed by atoms with Gasteiger partial charge in [-0.15, -0.1) is 0 Å². The highest BCUT2D eigenvalue weighted by molar-refractivity contribution is 6.30.